The second kappa shape index (κ2) is 6.86. The molecule has 1 N–H and O–H groups in total. The summed E-state index contributed by atoms with van der Waals surface area (Å²) in [6, 6.07) is 8.75. The van der Waals surface area contributed by atoms with Crippen LogP contribution in [0, 0.1) is 0 Å². The summed E-state index contributed by atoms with van der Waals surface area (Å²) in [7, 11) is 0. The van der Waals surface area contributed by atoms with Gasteiger partial charge in [-0.15, -0.1) is 11.8 Å². The molecule has 0 bridgehead atoms. The van der Waals surface area contributed by atoms with Crippen molar-refractivity contribution in [2.24, 2.45) is 0 Å². The molecule has 0 fully saturated rings. The Labute approximate surface area is 114 Å². The molecule has 1 heterocycles. The number of likely N-dealkylation sites (N-methyl/N-ethyl adjacent to an activating group) is 1. The molecule has 0 aliphatic carbocycles. The molecule has 2 nitrogen and oxygen atoms in total. The highest BCUT2D eigenvalue weighted by Gasteiger charge is 2.21. The maximum absolute atomic E-state index is 5.84. The van der Waals surface area contributed by atoms with Crippen molar-refractivity contribution >= 4 is 11.8 Å². The van der Waals surface area contributed by atoms with E-state index in [9.17, 15) is 0 Å². The zero-order valence-corrected chi connectivity index (χ0v) is 11.9. The Balaban J connectivity index is 2.31. The average Bonchev–Trinajstić information content (AvgIpc) is 2.46. The average molecular weight is 263 g/mol. The number of hydrogen-bond donors (Lipinski definition) is 1. The van der Waals surface area contributed by atoms with E-state index in [1.54, 1.807) is 11.8 Å². The number of benzene rings is 1. The number of rotatable bonds is 5. The van der Waals surface area contributed by atoms with Crippen LogP contribution in [0.3, 0.4) is 0 Å². The zero-order valence-electron chi connectivity index (χ0n) is 11.1. The highest BCUT2D eigenvalue weighted by atomic mass is 32.2. The van der Waals surface area contributed by atoms with Crippen molar-refractivity contribution in [3.05, 3.63) is 41.7 Å². The van der Waals surface area contributed by atoms with E-state index in [-0.39, 0.29) is 6.04 Å². The molecule has 0 amide bonds. The molecule has 0 aromatic heterocycles. The van der Waals surface area contributed by atoms with E-state index in [1.165, 1.54) is 10.5 Å². The van der Waals surface area contributed by atoms with Crippen LogP contribution in [0.5, 0.6) is 0 Å². The van der Waals surface area contributed by atoms with Crippen LogP contribution < -0.4 is 5.32 Å². The first kappa shape index (κ1) is 13.5. The fourth-order valence-electron chi connectivity index (χ4n) is 2.25. The van der Waals surface area contributed by atoms with Crippen LogP contribution in [0.25, 0.3) is 0 Å². The summed E-state index contributed by atoms with van der Waals surface area (Å²) in [5.74, 6) is 1.09. The molecule has 1 atom stereocenters. The summed E-state index contributed by atoms with van der Waals surface area (Å²) in [5, 5.41) is 3.54. The molecule has 3 heteroatoms. The highest BCUT2D eigenvalue weighted by Crippen LogP contribution is 2.32. The van der Waals surface area contributed by atoms with Gasteiger partial charge in [0.05, 0.1) is 12.6 Å². The Kier molecular flexibility index (Phi) is 5.14. The minimum Gasteiger partial charge on any atom is -0.496 e. The largest absolute Gasteiger partial charge is 0.496 e. The summed E-state index contributed by atoms with van der Waals surface area (Å²) in [6.07, 6.45) is 6.61. The van der Waals surface area contributed by atoms with Gasteiger partial charge in [-0.25, -0.2) is 0 Å². The second-order valence-corrected chi connectivity index (χ2v) is 5.18. The molecular formula is C15H21NOS. The lowest BCUT2D eigenvalue weighted by Gasteiger charge is -2.26. The van der Waals surface area contributed by atoms with E-state index < -0.39 is 0 Å². The van der Waals surface area contributed by atoms with Crippen LogP contribution in [-0.2, 0) is 4.74 Å². The first-order valence-electron chi connectivity index (χ1n) is 6.56. The van der Waals surface area contributed by atoms with Gasteiger partial charge in [-0.1, -0.05) is 25.1 Å². The van der Waals surface area contributed by atoms with Gasteiger partial charge in [0.15, 0.2) is 0 Å². The predicted octanol–water partition coefficient (Wildman–Crippen LogP) is 3.75. The molecule has 0 saturated carbocycles. The number of thioether (sulfide) groups is 1. The lowest BCUT2D eigenvalue weighted by Crippen LogP contribution is -2.25. The predicted molar refractivity (Wildman–Crippen MR) is 77.9 cm³/mol. The summed E-state index contributed by atoms with van der Waals surface area (Å²) in [5.41, 5.74) is 1.32. The maximum atomic E-state index is 5.84. The molecule has 0 radical (unpaired) electrons. The van der Waals surface area contributed by atoms with Gasteiger partial charge in [0.2, 0.25) is 0 Å². The molecule has 1 aromatic carbocycles. The molecule has 0 saturated heterocycles. The SMILES string of the molecule is CCNC(C1=CCCCO1)c1ccccc1SC. The molecule has 1 aromatic rings. The highest BCUT2D eigenvalue weighted by molar-refractivity contribution is 7.98. The fourth-order valence-corrected chi connectivity index (χ4v) is 2.89. The smallest absolute Gasteiger partial charge is 0.113 e. The standard InChI is InChI=1S/C15H21NOS/c1-3-16-15(13-9-6-7-11-17-13)12-8-4-5-10-14(12)18-2/h4-5,8-10,15-16H,3,6-7,11H2,1-2H3. The van der Waals surface area contributed by atoms with E-state index in [4.69, 9.17) is 4.74 Å². The van der Waals surface area contributed by atoms with Crippen molar-refractivity contribution in [2.45, 2.75) is 30.7 Å². The Morgan fingerprint density at radius 2 is 2.22 bits per heavy atom. The molecule has 0 spiro atoms. The van der Waals surface area contributed by atoms with E-state index in [2.05, 4.69) is 48.8 Å². The lowest BCUT2D eigenvalue weighted by atomic mass is 10.0. The number of allylic oxidation sites excluding steroid dienone is 1. The van der Waals surface area contributed by atoms with Crippen molar-refractivity contribution in [3.8, 4) is 0 Å². The Morgan fingerprint density at radius 1 is 1.39 bits per heavy atom. The topological polar surface area (TPSA) is 21.3 Å². The molecule has 1 aliphatic heterocycles. The van der Waals surface area contributed by atoms with Gasteiger partial charge in [-0.3, -0.25) is 0 Å². The maximum Gasteiger partial charge on any atom is 0.113 e. The van der Waals surface area contributed by atoms with E-state index in [0.717, 1.165) is 31.8 Å². The van der Waals surface area contributed by atoms with Crippen LogP contribution >= 0.6 is 11.8 Å². The van der Waals surface area contributed by atoms with Gasteiger partial charge < -0.3 is 10.1 Å². The molecule has 98 valence electrons. The first-order chi connectivity index (χ1) is 8.86. The van der Waals surface area contributed by atoms with Crippen LogP contribution in [0.2, 0.25) is 0 Å². The Bertz CT molecular complexity index is 417. The first-order valence-corrected chi connectivity index (χ1v) is 7.78. The van der Waals surface area contributed by atoms with Gasteiger partial charge >= 0.3 is 0 Å². The monoisotopic (exact) mass is 263 g/mol. The fraction of sp³-hybridized carbons (Fsp3) is 0.467. The Hall–Kier alpha value is -0.930. The lowest BCUT2D eigenvalue weighted by molar-refractivity contribution is 0.167. The van der Waals surface area contributed by atoms with Gasteiger partial charge in [0.25, 0.3) is 0 Å². The Morgan fingerprint density at radius 3 is 2.89 bits per heavy atom. The van der Waals surface area contributed by atoms with Crippen LogP contribution in [0.4, 0.5) is 0 Å². The summed E-state index contributed by atoms with van der Waals surface area (Å²) in [6.45, 7) is 3.92. The van der Waals surface area contributed by atoms with Gasteiger partial charge in [0.1, 0.15) is 5.76 Å². The van der Waals surface area contributed by atoms with E-state index >= 15 is 0 Å². The third-order valence-corrected chi connectivity index (χ3v) is 3.92. The summed E-state index contributed by atoms with van der Waals surface area (Å²) >= 11 is 1.79. The van der Waals surface area contributed by atoms with Crippen molar-refractivity contribution in [2.75, 3.05) is 19.4 Å². The second-order valence-electron chi connectivity index (χ2n) is 4.33. The third-order valence-electron chi connectivity index (χ3n) is 3.11. The molecule has 1 aliphatic rings. The van der Waals surface area contributed by atoms with Gasteiger partial charge in [-0.2, -0.15) is 0 Å². The van der Waals surface area contributed by atoms with E-state index in [1.807, 2.05) is 0 Å². The number of hydrogen-bond acceptors (Lipinski definition) is 3. The quantitative estimate of drug-likeness (QED) is 0.817. The minimum atomic E-state index is 0.193. The van der Waals surface area contributed by atoms with Crippen LogP contribution in [-0.4, -0.2) is 19.4 Å². The normalized spacial score (nSPS) is 16.9. The van der Waals surface area contributed by atoms with Gasteiger partial charge in [0, 0.05) is 4.90 Å². The minimum absolute atomic E-state index is 0.193. The molecule has 2 rings (SSSR count). The van der Waals surface area contributed by atoms with Crippen LogP contribution in [0.15, 0.2) is 41.0 Å². The molecule has 18 heavy (non-hydrogen) atoms. The van der Waals surface area contributed by atoms with Crippen LogP contribution in [0.1, 0.15) is 31.4 Å². The van der Waals surface area contributed by atoms with E-state index in [0.29, 0.717) is 0 Å². The summed E-state index contributed by atoms with van der Waals surface area (Å²) in [4.78, 5) is 1.32. The zero-order chi connectivity index (χ0) is 12.8. The number of ether oxygens (including phenoxy) is 1. The molecular weight excluding hydrogens is 242 g/mol. The summed E-state index contributed by atoms with van der Waals surface area (Å²) < 4.78 is 5.84. The number of nitrogens with one attached hydrogen (secondary N) is 1. The third kappa shape index (κ3) is 3.09. The van der Waals surface area contributed by atoms with Crippen molar-refractivity contribution < 1.29 is 4.74 Å². The van der Waals surface area contributed by atoms with Crippen molar-refractivity contribution in [1.29, 1.82) is 0 Å². The van der Waals surface area contributed by atoms with Crippen molar-refractivity contribution in [1.82, 2.24) is 5.32 Å². The van der Waals surface area contributed by atoms with Crippen molar-refractivity contribution in [3.63, 3.8) is 0 Å². The van der Waals surface area contributed by atoms with Gasteiger partial charge in [-0.05, 0) is 43.3 Å². The molecule has 1 unspecified atom stereocenters.